The van der Waals surface area contributed by atoms with E-state index in [9.17, 15) is 22.8 Å². The minimum atomic E-state index is -4.58. The van der Waals surface area contributed by atoms with Crippen LogP contribution in [-0.2, 0) is 4.79 Å². The van der Waals surface area contributed by atoms with Crippen LogP contribution < -0.4 is 0 Å². The van der Waals surface area contributed by atoms with Gasteiger partial charge >= 0.3 is 11.5 Å². The van der Waals surface area contributed by atoms with Crippen molar-refractivity contribution in [2.75, 3.05) is 13.1 Å². The van der Waals surface area contributed by atoms with Crippen LogP contribution in [0.25, 0.3) is 0 Å². The SMILES string of the molecule is CCCN(CC(=O)O)C(=O)c1cccnc1SC(F)(F)F. The van der Waals surface area contributed by atoms with Gasteiger partial charge in [0.2, 0.25) is 0 Å². The maximum Gasteiger partial charge on any atom is 0.447 e. The third kappa shape index (κ3) is 5.62. The molecule has 1 amide bonds. The van der Waals surface area contributed by atoms with Crippen molar-refractivity contribution in [2.24, 2.45) is 0 Å². The maximum atomic E-state index is 12.4. The molecule has 1 N–H and O–H groups in total. The number of carboxylic acid groups (broad SMARTS) is 1. The average molecular weight is 322 g/mol. The van der Waals surface area contributed by atoms with Gasteiger partial charge in [-0.25, -0.2) is 4.98 Å². The molecule has 21 heavy (non-hydrogen) atoms. The summed E-state index contributed by atoms with van der Waals surface area (Å²) in [5.41, 5.74) is -4.83. The first-order valence-electron chi connectivity index (χ1n) is 5.96. The minimum Gasteiger partial charge on any atom is -0.480 e. The van der Waals surface area contributed by atoms with Crippen LogP contribution in [0.4, 0.5) is 13.2 Å². The van der Waals surface area contributed by atoms with Crippen LogP contribution in [0.1, 0.15) is 23.7 Å². The second kappa shape index (κ2) is 7.30. The van der Waals surface area contributed by atoms with Crippen molar-refractivity contribution < 1.29 is 27.9 Å². The molecule has 1 aromatic rings. The minimum absolute atomic E-state index is 0.135. The molecule has 116 valence electrons. The molecule has 1 rings (SSSR count). The van der Waals surface area contributed by atoms with Gasteiger partial charge in [0.15, 0.2) is 0 Å². The highest BCUT2D eigenvalue weighted by Crippen LogP contribution is 2.37. The van der Waals surface area contributed by atoms with Gasteiger partial charge in [0.25, 0.3) is 5.91 Å². The number of halogens is 3. The maximum absolute atomic E-state index is 12.4. The topological polar surface area (TPSA) is 70.5 Å². The van der Waals surface area contributed by atoms with E-state index < -0.39 is 40.7 Å². The smallest absolute Gasteiger partial charge is 0.447 e. The number of pyridine rings is 1. The zero-order valence-corrected chi connectivity index (χ0v) is 11.9. The Morgan fingerprint density at radius 1 is 1.43 bits per heavy atom. The van der Waals surface area contributed by atoms with E-state index in [1.807, 2.05) is 0 Å². The highest BCUT2D eigenvalue weighted by Gasteiger charge is 2.33. The Labute approximate surface area is 123 Å². The normalized spacial score (nSPS) is 11.2. The van der Waals surface area contributed by atoms with Gasteiger partial charge in [-0.1, -0.05) is 6.92 Å². The van der Waals surface area contributed by atoms with E-state index in [4.69, 9.17) is 5.11 Å². The molecule has 0 bridgehead atoms. The predicted octanol–water partition coefficient (Wildman–Crippen LogP) is 2.63. The van der Waals surface area contributed by atoms with E-state index in [2.05, 4.69) is 4.98 Å². The molecular weight excluding hydrogens is 309 g/mol. The van der Waals surface area contributed by atoms with Crippen LogP contribution in [0.5, 0.6) is 0 Å². The zero-order valence-electron chi connectivity index (χ0n) is 11.1. The van der Waals surface area contributed by atoms with Crippen molar-refractivity contribution in [3.05, 3.63) is 23.9 Å². The van der Waals surface area contributed by atoms with Crippen LogP contribution in [0.2, 0.25) is 0 Å². The molecule has 5 nitrogen and oxygen atoms in total. The van der Waals surface area contributed by atoms with E-state index in [1.165, 1.54) is 12.1 Å². The van der Waals surface area contributed by atoms with E-state index in [-0.39, 0.29) is 12.1 Å². The molecule has 1 aromatic heterocycles. The summed E-state index contributed by atoms with van der Waals surface area (Å²) < 4.78 is 37.3. The fourth-order valence-corrected chi connectivity index (χ4v) is 2.20. The molecule has 1 heterocycles. The summed E-state index contributed by atoms with van der Waals surface area (Å²) in [4.78, 5) is 27.5. The molecule has 9 heteroatoms. The largest absolute Gasteiger partial charge is 0.480 e. The number of rotatable bonds is 6. The van der Waals surface area contributed by atoms with Gasteiger partial charge in [-0.05, 0) is 18.6 Å². The second-order valence-electron chi connectivity index (χ2n) is 4.02. The molecule has 0 atom stereocenters. The Morgan fingerprint density at radius 2 is 2.10 bits per heavy atom. The van der Waals surface area contributed by atoms with E-state index in [0.29, 0.717) is 6.42 Å². The fraction of sp³-hybridized carbons (Fsp3) is 0.417. The third-order valence-corrected chi connectivity index (χ3v) is 3.07. The first kappa shape index (κ1) is 17.3. The molecule has 0 aliphatic rings. The molecule has 0 aliphatic carbocycles. The van der Waals surface area contributed by atoms with Crippen molar-refractivity contribution in [3.63, 3.8) is 0 Å². The molecule has 0 fully saturated rings. The Hall–Kier alpha value is -1.77. The number of alkyl halides is 3. The third-order valence-electron chi connectivity index (χ3n) is 2.32. The Morgan fingerprint density at radius 3 is 2.62 bits per heavy atom. The molecule has 0 saturated carbocycles. The molecule has 0 aromatic carbocycles. The van der Waals surface area contributed by atoms with Crippen LogP contribution in [0, 0.1) is 0 Å². The lowest BCUT2D eigenvalue weighted by Gasteiger charge is -2.21. The number of amides is 1. The molecule has 0 radical (unpaired) electrons. The average Bonchev–Trinajstić information content (AvgIpc) is 2.35. The zero-order chi connectivity index (χ0) is 16.0. The number of carbonyl (C=O) groups excluding carboxylic acids is 1. The molecule has 0 aliphatic heterocycles. The first-order valence-corrected chi connectivity index (χ1v) is 6.78. The lowest BCUT2D eigenvalue weighted by Crippen LogP contribution is -2.36. The van der Waals surface area contributed by atoms with Crippen LogP contribution in [0.15, 0.2) is 23.4 Å². The summed E-state index contributed by atoms with van der Waals surface area (Å²) in [5, 5.41) is 8.28. The number of hydrogen-bond donors (Lipinski definition) is 1. The fourth-order valence-electron chi connectivity index (χ4n) is 1.60. The van der Waals surface area contributed by atoms with Crippen molar-refractivity contribution in [3.8, 4) is 0 Å². The summed E-state index contributed by atoms with van der Waals surface area (Å²) in [7, 11) is 0. The number of carboxylic acids is 1. The summed E-state index contributed by atoms with van der Waals surface area (Å²) in [6.07, 6.45) is 1.63. The first-order chi connectivity index (χ1) is 9.74. The van der Waals surface area contributed by atoms with Gasteiger partial charge in [0.1, 0.15) is 11.6 Å². The van der Waals surface area contributed by atoms with Crippen molar-refractivity contribution in [1.29, 1.82) is 0 Å². The Kier molecular flexibility index (Phi) is 6.01. The van der Waals surface area contributed by atoms with E-state index >= 15 is 0 Å². The standard InChI is InChI=1S/C12H13F3N2O3S/c1-2-6-17(7-9(18)19)11(20)8-4-3-5-16-10(8)21-12(13,14)15/h3-5H,2,6-7H2,1H3,(H,18,19). The van der Waals surface area contributed by atoms with E-state index in [0.717, 1.165) is 11.1 Å². The summed E-state index contributed by atoms with van der Waals surface area (Å²) in [6, 6.07) is 2.53. The lowest BCUT2D eigenvalue weighted by atomic mass is 10.2. The van der Waals surface area contributed by atoms with Crippen molar-refractivity contribution >= 4 is 23.6 Å². The van der Waals surface area contributed by atoms with Crippen LogP contribution in [0.3, 0.4) is 0 Å². The van der Waals surface area contributed by atoms with Crippen molar-refractivity contribution in [2.45, 2.75) is 23.9 Å². The molecule has 0 saturated heterocycles. The monoisotopic (exact) mass is 322 g/mol. The van der Waals surface area contributed by atoms with Gasteiger partial charge in [-0.2, -0.15) is 13.2 Å². The summed E-state index contributed by atoms with van der Waals surface area (Å²) >= 11 is -0.496. The number of nitrogens with zero attached hydrogens (tertiary/aromatic N) is 2. The number of aliphatic carboxylic acids is 1. The van der Waals surface area contributed by atoms with Gasteiger partial charge in [-0.15, -0.1) is 0 Å². The van der Waals surface area contributed by atoms with Crippen LogP contribution in [-0.4, -0.2) is 45.5 Å². The quantitative estimate of drug-likeness (QED) is 0.815. The van der Waals surface area contributed by atoms with Gasteiger partial charge in [0.05, 0.1) is 5.56 Å². The van der Waals surface area contributed by atoms with Crippen molar-refractivity contribution in [1.82, 2.24) is 9.88 Å². The molecule has 0 spiro atoms. The molecule has 0 unspecified atom stereocenters. The number of thioether (sulfide) groups is 1. The highest BCUT2D eigenvalue weighted by molar-refractivity contribution is 8.00. The second-order valence-corrected chi connectivity index (χ2v) is 5.08. The lowest BCUT2D eigenvalue weighted by molar-refractivity contribution is -0.137. The summed E-state index contributed by atoms with van der Waals surface area (Å²) in [6.45, 7) is 1.30. The van der Waals surface area contributed by atoms with Gasteiger partial charge in [0, 0.05) is 24.5 Å². The summed E-state index contributed by atoms with van der Waals surface area (Å²) in [5.74, 6) is -2.01. The predicted molar refractivity (Wildman–Crippen MR) is 70.0 cm³/mol. The Bertz CT molecular complexity index is 523. The molecular formula is C12H13F3N2O3S. The van der Waals surface area contributed by atoms with Gasteiger partial charge < -0.3 is 10.0 Å². The number of aromatic nitrogens is 1. The van der Waals surface area contributed by atoms with Crippen LogP contribution >= 0.6 is 11.8 Å². The van der Waals surface area contributed by atoms with Gasteiger partial charge in [-0.3, -0.25) is 9.59 Å². The number of carbonyl (C=O) groups is 2. The Balaban J connectivity index is 3.07. The van der Waals surface area contributed by atoms with E-state index in [1.54, 1.807) is 6.92 Å². The highest BCUT2D eigenvalue weighted by atomic mass is 32.2. The number of hydrogen-bond acceptors (Lipinski definition) is 4.